The van der Waals surface area contributed by atoms with Crippen LogP contribution >= 0.6 is 11.6 Å². The number of benzene rings is 1. The van der Waals surface area contributed by atoms with Crippen molar-refractivity contribution in [3.8, 4) is 11.5 Å². The second-order valence-electron chi connectivity index (χ2n) is 4.08. The minimum Gasteiger partial charge on any atom is -0.497 e. The molecule has 2 nitrogen and oxygen atoms in total. The third kappa shape index (κ3) is 2.67. The van der Waals surface area contributed by atoms with E-state index in [1.54, 1.807) is 14.2 Å². The Bertz CT molecular complexity index is 339. The van der Waals surface area contributed by atoms with Gasteiger partial charge in [0.2, 0.25) is 0 Å². The zero-order valence-corrected chi connectivity index (χ0v) is 11.4. The molecule has 1 aromatic rings. The predicted molar refractivity (Wildman–Crippen MR) is 67.4 cm³/mol. The van der Waals surface area contributed by atoms with E-state index in [1.165, 1.54) is 5.19 Å². The summed E-state index contributed by atoms with van der Waals surface area (Å²) in [6.07, 6.45) is 0. The van der Waals surface area contributed by atoms with Gasteiger partial charge in [-0.05, 0) is 23.4 Å². The van der Waals surface area contributed by atoms with Crippen LogP contribution in [0, 0.1) is 0 Å². The van der Waals surface area contributed by atoms with Crippen LogP contribution in [0.4, 0.5) is 0 Å². The zero-order chi connectivity index (χ0) is 11.5. The normalized spacial score (nSPS) is 11.3. The Morgan fingerprint density at radius 1 is 1.20 bits per heavy atom. The first-order valence-electron chi connectivity index (χ1n) is 4.83. The highest BCUT2D eigenvalue weighted by molar-refractivity contribution is 6.94. The second-order valence-corrected chi connectivity index (χ2v) is 9.46. The van der Waals surface area contributed by atoms with Crippen molar-refractivity contribution in [3.05, 3.63) is 18.2 Å². The number of ether oxygens (including phenoxy) is 2. The molecule has 0 aliphatic rings. The Balaban J connectivity index is 3.23. The molecule has 0 atom stereocenters. The molecule has 0 saturated carbocycles. The van der Waals surface area contributed by atoms with Crippen LogP contribution < -0.4 is 14.7 Å². The fraction of sp³-hybridized carbons (Fsp3) is 0.455. The van der Waals surface area contributed by atoms with Gasteiger partial charge in [0, 0.05) is 5.50 Å². The maximum atomic E-state index is 6.02. The number of methoxy groups -OCH3 is 2. The van der Waals surface area contributed by atoms with Crippen LogP contribution in [-0.2, 0) is 0 Å². The van der Waals surface area contributed by atoms with Gasteiger partial charge in [0.1, 0.15) is 19.6 Å². The number of halogens is 1. The van der Waals surface area contributed by atoms with Gasteiger partial charge in [-0.15, -0.1) is 11.6 Å². The van der Waals surface area contributed by atoms with Gasteiger partial charge in [0.25, 0.3) is 0 Å². The fourth-order valence-corrected chi connectivity index (χ4v) is 3.38. The number of hydrogen-bond acceptors (Lipinski definition) is 2. The first-order chi connectivity index (χ1) is 7.05. The highest BCUT2D eigenvalue weighted by Gasteiger charge is 2.26. The Morgan fingerprint density at radius 2 is 1.87 bits per heavy atom. The van der Waals surface area contributed by atoms with Gasteiger partial charge in [-0.3, -0.25) is 0 Å². The first kappa shape index (κ1) is 12.4. The Morgan fingerprint density at radius 3 is 2.33 bits per heavy atom. The molecule has 0 saturated heterocycles. The molecule has 0 unspecified atom stereocenters. The van der Waals surface area contributed by atoms with Crippen molar-refractivity contribution in [2.45, 2.75) is 13.1 Å². The maximum absolute atomic E-state index is 6.02. The van der Waals surface area contributed by atoms with E-state index in [0.29, 0.717) is 5.50 Å². The van der Waals surface area contributed by atoms with Crippen molar-refractivity contribution in [1.82, 2.24) is 0 Å². The Labute approximate surface area is 97.2 Å². The van der Waals surface area contributed by atoms with Gasteiger partial charge >= 0.3 is 0 Å². The van der Waals surface area contributed by atoms with E-state index in [2.05, 4.69) is 13.1 Å². The second kappa shape index (κ2) is 4.90. The molecule has 0 heterocycles. The molecule has 0 bridgehead atoms. The molecule has 1 rings (SSSR count). The molecule has 0 radical (unpaired) electrons. The lowest BCUT2D eigenvalue weighted by Crippen LogP contribution is -2.44. The predicted octanol–water partition coefficient (Wildman–Crippen LogP) is 2.40. The zero-order valence-electron chi connectivity index (χ0n) is 9.63. The van der Waals surface area contributed by atoms with Gasteiger partial charge < -0.3 is 9.47 Å². The first-order valence-corrected chi connectivity index (χ1v) is 8.58. The van der Waals surface area contributed by atoms with Crippen LogP contribution in [-0.4, -0.2) is 27.8 Å². The quantitative estimate of drug-likeness (QED) is 0.598. The van der Waals surface area contributed by atoms with Gasteiger partial charge in [-0.2, -0.15) is 0 Å². The SMILES string of the molecule is COc1ccc(OC)c([Si](C)(C)CCl)c1. The van der Waals surface area contributed by atoms with Crippen molar-refractivity contribution in [1.29, 1.82) is 0 Å². The van der Waals surface area contributed by atoms with E-state index in [0.717, 1.165) is 11.5 Å². The van der Waals surface area contributed by atoms with Crippen LogP contribution in [0.5, 0.6) is 11.5 Å². The van der Waals surface area contributed by atoms with Crippen LogP contribution in [0.2, 0.25) is 13.1 Å². The Kier molecular flexibility index (Phi) is 4.05. The Hall–Kier alpha value is -0.673. The summed E-state index contributed by atoms with van der Waals surface area (Å²) in [5.74, 6) is 1.77. The smallest absolute Gasteiger partial charge is 0.119 e. The number of rotatable bonds is 4. The standard InChI is InChI=1S/C11H17ClO2Si/c1-13-9-5-6-10(14-2)11(7-9)15(3,4)8-12/h5-7H,8H2,1-4H3. The molecule has 1 aromatic carbocycles. The molecule has 0 aliphatic carbocycles. The lowest BCUT2D eigenvalue weighted by Gasteiger charge is -2.22. The average Bonchev–Trinajstić information content (AvgIpc) is 2.28. The highest BCUT2D eigenvalue weighted by Crippen LogP contribution is 2.20. The molecule has 15 heavy (non-hydrogen) atoms. The van der Waals surface area contributed by atoms with E-state index in [1.807, 2.05) is 18.2 Å². The van der Waals surface area contributed by atoms with E-state index in [-0.39, 0.29) is 0 Å². The van der Waals surface area contributed by atoms with Crippen LogP contribution in [0.3, 0.4) is 0 Å². The summed E-state index contributed by atoms with van der Waals surface area (Å²) in [6, 6.07) is 5.88. The third-order valence-corrected chi connectivity index (χ3v) is 6.99. The van der Waals surface area contributed by atoms with Crippen molar-refractivity contribution < 1.29 is 9.47 Å². The molecule has 0 N–H and O–H groups in total. The summed E-state index contributed by atoms with van der Waals surface area (Å²) in [4.78, 5) is 0. The van der Waals surface area contributed by atoms with E-state index in [9.17, 15) is 0 Å². The average molecular weight is 245 g/mol. The fourth-order valence-electron chi connectivity index (χ4n) is 1.41. The molecular weight excluding hydrogens is 228 g/mol. The van der Waals surface area contributed by atoms with Gasteiger partial charge in [0.05, 0.1) is 14.2 Å². The number of alkyl halides is 1. The summed E-state index contributed by atoms with van der Waals surface area (Å²) in [6.45, 7) is 4.44. The molecule has 0 fully saturated rings. The molecule has 0 spiro atoms. The van der Waals surface area contributed by atoms with Crippen molar-refractivity contribution in [2.75, 3.05) is 19.7 Å². The summed E-state index contributed by atoms with van der Waals surface area (Å²) in [5, 5.41) is 1.21. The van der Waals surface area contributed by atoms with Gasteiger partial charge in [-0.25, -0.2) is 0 Å². The topological polar surface area (TPSA) is 18.5 Å². The lowest BCUT2D eigenvalue weighted by molar-refractivity contribution is 0.405. The molecular formula is C11H17ClO2Si. The van der Waals surface area contributed by atoms with Gasteiger partial charge in [-0.1, -0.05) is 13.1 Å². The van der Waals surface area contributed by atoms with Crippen molar-refractivity contribution >= 4 is 24.9 Å². The minimum absolute atomic E-state index is 0.677. The number of hydrogen-bond donors (Lipinski definition) is 0. The van der Waals surface area contributed by atoms with Crippen LogP contribution in [0.25, 0.3) is 0 Å². The largest absolute Gasteiger partial charge is 0.497 e. The maximum Gasteiger partial charge on any atom is 0.119 e. The molecule has 0 aliphatic heterocycles. The molecule has 84 valence electrons. The molecule has 4 heteroatoms. The summed E-state index contributed by atoms with van der Waals surface area (Å²) in [5.41, 5.74) is 0.677. The van der Waals surface area contributed by atoms with E-state index < -0.39 is 8.07 Å². The molecule has 0 amide bonds. The molecule has 0 aromatic heterocycles. The highest BCUT2D eigenvalue weighted by atomic mass is 35.5. The summed E-state index contributed by atoms with van der Waals surface area (Å²) < 4.78 is 10.6. The van der Waals surface area contributed by atoms with E-state index in [4.69, 9.17) is 21.1 Å². The van der Waals surface area contributed by atoms with E-state index >= 15 is 0 Å². The van der Waals surface area contributed by atoms with Crippen LogP contribution in [0.1, 0.15) is 0 Å². The third-order valence-electron chi connectivity index (χ3n) is 2.47. The monoisotopic (exact) mass is 244 g/mol. The summed E-state index contributed by atoms with van der Waals surface area (Å²) in [7, 11) is 1.75. The van der Waals surface area contributed by atoms with Crippen LogP contribution in [0.15, 0.2) is 18.2 Å². The van der Waals surface area contributed by atoms with Gasteiger partial charge in [0.15, 0.2) is 0 Å². The lowest BCUT2D eigenvalue weighted by atomic mass is 10.3. The minimum atomic E-state index is -1.61. The van der Waals surface area contributed by atoms with Crippen molar-refractivity contribution in [3.63, 3.8) is 0 Å². The summed E-state index contributed by atoms with van der Waals surface area (Å²) >= 11 is 6.02. The van der Waals surface area contributed by atoms with Crippen molar-refractivity contribution in [2.24, 2.45) is 0 Å².